The van der Waals surface area contributed by atoms with Gasteiger partial charge in [0, 0.05) is 25.5 Å². The van der Waals surface area contributed by atoms with Gasteiger partial charge in [-0.3, -0.25) is 0 Å². The van der Waals surface area contributed by atoms with Crippen molar-refractivity contribution in [2.45, 2.75) is 24.8 Å². The summed E-state index contributed by atoms with van der Waals surface area (Å²) < 4.78 is 10.7. The number of ether oxygens (including phenoxy) is 2. The minimum absolute atomic E-state index is 0.0760. The third-order valence-electron chi connectivity index (χ3n) is 5.79. The summed E-state index contributed by atoms with van der Waals surface area (Å²) in [5.74, 6) is 1.89. The summed E-state index contributed by atoms with van der Waals surface area (Å²) in [4.78, 5) is 4.67. The van der Waals surface area contributed by atoms with Crippen molar-refractivity contribution in [2.24, 2.45) is 11.1 Å². The van der Waals surface area contributed by atoms with E-state index >= 15 is 0 Å². The predicted molar refractivity (Wildman–Crippen MR) is 140 cm³/mol. The Kier molecular flexibility index (Phi) is 9.33. The number of thioether (sulfide) groups is 1. The number of benzene rings is 1. The van der Waals surface area contributed by atoms with Crippen LogP contribution in [0.3, 0.4) is 0 Å². The van der Waals surface area contributed by atoms with E-state index < -0.39 is 0 Å². The van der Waals surface area contributed by atoms with Crippen LogP contribution in [-0.4, -0.2) is 44.7 Å². The smallest absolute Gasteiger partial charge is 0.145 e. The summed E-state index contributed by atoms with van der Waals surface area (Å²) in [5.41, 5.74) is 9.10. The van der Waals surface area contributed by atoms with Gasteiger partial charge in [-0.15, -0.1) is 11.8 Å². The van der Waals surface area contributed by atoms with Crippen LogP contribution in [0.5, 0.6) is 5.75 Å². The minimum Gasteiger partial charge on any atom is -0.491 e. The molecular formula is C27H31N5O2S. The molecule has 3 N–H and O–H groups in total. The van der Waals surface area contributed by atoms with E-state index in [4.69, 9.17) is 15.2 Å². The molecule has 35 heavy (non-hydrogen) atoms. The van der Waals surface area contributed by atoms with Gasteiger partial charge in [0.15, 0.2) is 0 Å². The van der Waals surface area contributed by atoms with Gasteiger partial charge in [-0.05, 0) is 42.5 Å². The molecule has 0 fully saturated rings. The van der Waals surface area contributed by atoms with Crippen molar-refractivity contribution < 1.29 is 9.47 Å². The number of rotatable bonds is 11. The summed E-state index contributed by atoms with van der Waals surface area (Å²) in [6, 6.07) is 12.0. The van der Waals surface area contributed by atoms with E-state index in [0.29, 0.717) is 53.0 Å². The Labute approximate surface area is 211 Å². The molecule has 1 heterocycles. The first-order valence-electron chi connectivity index (χ1n) is 11.5. The third kappa shape index (κ3) is 6.43. The number of nitriles is 2. The maximum absolute atomic E-state index is 10.1. The Morgan fingerprint density at radius 2 is 1.91 bits per heavy atom. The molecule has 0 bridgehead atoms. The first-order valence-corrected chi connectivity index (χ1v) is 12.5. The van der Waals surface area contributed by atoms with Crippen LogP contribution in [0.1, 0.15) is 30.9 Å². The molecule has 1 aliphatic carbocycles. The van der Waals surface area contributed by atoms with Crippen LogP contribution < -0.4 is 15.8 Å². The van der Waals surface area contributed by atoms with Gasteiger partial charge in [-0.25, -0.2) is 4.98 Å². The highest BCUT2D eigenvalue weighted by Crippen LogP contribution is 2.41. The lowest BCUT2D eigenvalue weighted by Gasteiger charge is -2.29. The number of nitrogens with one attached hydrogen (secondary N) is 1. The zero-order chi connectivity index (χ0) is 25.3. The highest BCUT2D eigenvalue weighted by molar-refractivity contribution is 7.99. The van der Waals surface area contributed by atoms with Crippen LogP contribution in [0.15, 0.2) is 53.1 Å². The van der Waals surface area contributed by atoms with Gasteiger partial charge in [0.2, 0.25) is 0 Å². The molecule has 1 unspecified atom stereocenters. The number of allylic oxidation sites excluding steroid dienone is 3. The molecule has 0 saturated heterocycles. The molecule has 0 radical (unpaired) electrons. The summed E-state index contributed by atoms with van der Waals surface area (Å²) >= 11 is 1.54. The molecule has 182 valence electrons. The molecule has 1 aromatic heterocycles. The second-order valence-electron chi connectivity index (χ2n) is 8.57. The van der Waals surface area contributed by atoms with Crippen molar-refractivity contribution in [1.82, 2.24) is 4.98 Å². The van der Waals surface area contributed by atoms with Crippen molar-refractivity contribution in [2.75, 3.05) is 45.0 Å². The van der Waals surface area contributed by atoms with E-state index in [2.05, 4.69) is 47.6 Å². The lowest BCUT2D eigenvalue weighted by Crippen LogP contribution is -2.21. The topological polar surface area (TPSA) is 117 Å². The standard InChI is InChI=1S/C27H31N5O2S/c1-27(11-4-5-19(15-27)10-12-28)18-35-26-23(17-30)24(22(16-29)25(31-2)32-26)20-6-8-21(9-7-20)34-14-13-33-3/h4-9,11H,10,12-15,18,28H2,1-3H3,(H,31,32). The fraction of sp³-hybridized carbons (Fsp3) is 0.370. The Morgan fingerprint density at radius 1 is 1.17 bits per heavy atom. The van der Waals surface area contributed by atoms with Crippen molar-refractivity contribution in [3.63, 3.8) is 0 Å². The maximum atomic E-state index is 10.1. The van der Waals surface area contributed by atoms with Gasteiger partial charge < -0.3 is 20.5 Å². The van der Waals surface area contributed by atoms with Crippen LogP contribution in [0.25, 0.3) is 11.1 Å². The fourth-order valence-electron chi connectivity index (χ4n) is 4.05. The molecule has 2 aromatic rings. The molecule has 3 rings (SSSR count). The Bertz CT molecular complexity index is 1180. The van der Waals surface area contributed by atoms with Crippen LogP contribution in [-0.2, 0) is 4.74 Å². The van der Waals surface area contributed by atoms with Crippen LogP contribution in [0.4, 0.5) is 5.82 Å². The molecule has 7 nitrogen and oxygen atoms in total. The number of anilines is 1. The molecule has 0 amide bonds. The highest BCUT2D eigenvalue weighted by Gasteiger charge is 2.27. The van der Waals surface area contributed by atoms with Gasteiger partial charge in [0.1, 0.15) is 40.9 Å². The molecular weight excluding hydrogens is 458 g/mol. The zero-order valence-electron chi connectivity index (χ0n) is 20.4. The van der Waals surface area contributed by atoms with Crippen LogP contribution >= 0.6 is 11.8 Å². The Morgan fingerprint density at radius 3 is 2.54 bits per heavy atom. The first-order chi connectivity index (χ1) is 17.0. The monoisotopic (exact) mass is 489 g/mol. The molecule has 8 heteroatoms. The number of nitrogens with zero attached hydrogens (tertiary/aromatic N) is 3. The van der Waals surface area contributed by atoms with Gasteiger partial charge in [-0.2, -0.15) is 10.5 Å². The molecule has 1 atom stereocenters. The van der Waals surface area contributed by atoms with E-state index in [1.807, 2.05) is 24.3 Å². The number of nitrogens with two attached hydrogens (primary N) is 1. The highest BCUT2D eigenvalue weighted by atomic mass is 32.2. The average molecular weight is 490 g/mol. The lowest BCUT2D eigenvalue weighted by atomic mass is 9.81. The summed E-state index contributed by atoms with van der Waals surface area (Å²) in [6.07, 6.45) is 8.23. The quantitative estimate of drug-likeness (QED) is 0.338. The molecule has 0 aliphatic heterocycles. The van der Waals surface area contributed by atoms with Crippen LogP contribution in [0, 0.1) is 28.1 Å². The fourth-order valence-corrected chi connectivity index (χ4v) is 5.17. The van der Waals surface area contributed by atoms with E-state index in [1.54, 1.807) is 25.9 Å². The van der Waals surface area contributed by atoms with Crippen LogP contribution in [0.2, 0.25) is 0 Å². The van der Waals surface area contributed by atoms with Gasteiger partial charge >= 0.3 is 0 Å². The van der Waals surface area contributed by atoms with Gasteiger partial charge in [-0.1, -0.05) is 42.9 Å². The summed E-state index contributed by atoms with van der Waals surface area (Å²) in [7, 11) is 3.35. The summed E-state index contributed by atoms with van der Waals surface area (Å²) in [6.45, 7) is 3.77. The van der Waals surface area contributed by atoms with Gasteiger partial charge in [0.25, 0.3) is 0 Å². The molecule has 0 saturated carbocycles. The van der Waals surface area contributed by atoms with E-state index in [9.17, 15) is 10.5 Å². The van der Waals surface area contributed by atoms with Crippen molar-refractivity contribution in [1.29, 1.82) is 10.5 Å². The van der Waals surface area contributed by atoms with Crippen molar-refractivity contribution >= 4 is 17.6 Å². The Hall–Kier alpha value is -3.30. The number of methoxy groups -OCH3 is 1. The molecule has 1 aliphatic rings. The second kappa shape index (κ2) is 12.4. The average Bonchev–Trinajstić information content (AvgIpc) is 2.87. The number of hydrogen-bond acceptors (Lipinski definition) is 8. The number of hydrogen-bond donors (Lipinski definition) is 2. The van der Waals surface area contributed by atoms with Gasteiger partial charge in [0.05, 0.1) is 12.2 Å². The predicted octanol–water partition coefficient (Wildman–Crippen LogP) is 4.89. The Balaban J connectivity index is 1.95. The maximum Gasteiger partial charge on any atom is 0.145 e. The second-order valence-corrected chi connectivity index (χ2v) is 9.54. The van der Waals surface area contributed by atoms with Crippen molar-refractivity contribution in [3.8, 4) is 29.0 Å². The zero-order valence-corrected chi connectivity index (χ0v) is 21.2. The number of pyridine rings is 1. The normalized spacial score (nSPS) is 16.8. The molecule has 1 aromatic carbocycles. The SMILES string of the molecule is CNc1nc(SCC2(C)C=CC=C(CCN)C2)c(C#N)c(-c2ccc(OCCOC)cc2)c1C#N. The van der Waals surface area contributed by atoms with E-state index in [0.717, 1.165) is 24.2 Å². The molecule has 0 spiro atoms. The number of aromatic nitrogens is 1. The first kappa shape index (κ1) is 26.3. The summed E-state index contributed by atoms with van der Waals surface area (Å²) in [5, 5.41) is 23.7. The lowest BCUT2D eigenvalue weighted by molar-refractivity contribution is 0.146. The largest absolute Gasteiger partial charge is 0.491 e. The third-order valence-corrected chi connectivity index (χ3v) is 7.16. The van der Waals surface area contributed by atoms with E-state index in [1.165, 1.54) is 5.57 Å². The van der Waals surface area contributed by atoms with Crippen molar-refractivity contribution in [3.05, 3.63) is 59.2 Å². The minimum atomic E-state index is -0.0760. The van der Waals surface area contributed by atoms with E-state index in [-0.39, 0.29) is 5.41 Å².